The predicted octanol–water partition coefficient (Wildman–Crippen LogP) is -0.0814. The van der Waals surface area contributed by atoms with Crippen LogP contribution >= 0.6 is 0 Å². The molecule has 0 bridgehead atoms. The summed E-state index contributed by atoms with van der Waals surface area (Å²) in [4.78, 5) is 13.6. The number of carbonyl (C=O) groups excluding carboxylic acids is 1. The molecule has 1 rings (SSSR count). The number of halogens is 1. The van der Waals surface area contributed by atoms with Gasteiger partial charge in [-0.25, -0.2) is 9.18 Å². The Balaban J connectivity index is 2.78. The van der Waals surface area contributed by atoms with E-state index in [4.69, 9.17) is 5.73 Å². The van der Waals surface area contributed by atoms with Crippen molar-refractivity contribution in [3.05, 3.63) is 11.9 Å². The van der Waals surface area contributed by atoms with Crippen molar-refractivity contribution >= 4 is 12.2 Å². The third-order valence-electron chi connectivity index (χ3n) is 0.934. The number of aliphatic imine (C=N–C) groups is 1. The van der Waals surface area contributed by atoms with Crippen molar-refractivity contribution in [3.63, 3.8) is 0 Å². The SMILES string of the molecule is NC1C=C(F)C=NC(=O)N1. The Labute approximate surface area is 56.6 Å². The van der Waals surface area contributed by atoms with Gasteiger partial charge in [0.05, 0.1) is 6.21 Å². The summed E-state index contributed by atoms with van der Waals surface area (Å²) in [5, 5.41) is 2.20. The van der Waals surface area contributed by atoms with Gasteiger partial charge in [-0.05, 0) is 6.08 Å². The molecule has 0 saturated carbocycles. The first-order valence-electron chi connectivity index (χ1n) is 2.66. The summed E-state index contributed by atoms with van der Waals surface area (Å²) >= 11 is 0. The van der Waals surface area contributed by atoms with E-state index in [-0.39, 0.29) is 0 Å². The number of nitrogens with zero attached hydrogens (tertiary/aromatic N) is 1. The van der Waals surface area contributed by atoms with Crippen molar-refractivity contribution in [1.29, 1.82) is 0 Å². The zero-order valence-electron chi connectivity index (χ0n) is 5.04. The van der Waals surface area contributed by atoms with Crippen molar-refractivity contribution < 1.29 is 9.18 Å². The van der Waals surface area contributed by atoms with E-state index in [1.165, 1.54) is 0 Å². The summed E-state index contributed by atoms with van der Waals surface area (Å²) in [7, 11) is 0. The molecule has 1 aliphatic rings. The fraction of sp³-hybridized carbons (Fsp3) is 0.200. The van der Waals surface area contributed by atoms with Gasteiger partial charge >= 0.3 is 6.03 Å². The number of allylic oxidation sites excluding steroid dienone is 1. The van der Waals surface area contributed by atoms with Crippen molar-refractivity contribution in [2.75, 3.05) is 0 Å². The molecule has 10 heavy (non-hydrogen) atoms. The second-order valence-corrected chi connectivity index (χ2v) is 1.79. The zero-order valence-corrected chi connectivity index (χ0v) is 5.04. The molecule has 1 heterocycles. The van der Waals surface area contributed by atoms with Gasteiger partial charge in [-0.3, -0.25) is 0 Å². The molecule has 5 heteroatoms. The second-order valence-electron chi connectivity index (χ2n) is 1.79. The molecule has 0 aromatic carbocycles. The van der Waals surface area contributed by atoms with Crippen LogP contribution < -0.4 is 11.1 Å². The van der Waals surface area contributed by atoms with E-state index in [2.05, 4.69) is 10.3 Å². The molecule has 0 radical (unpaired) electrons. The molecule has 0 aliphatic carbocycles. The highest BCUT2D eigenvalue weighted by Crippen LogP contribution is 1.96. The summed E-state index contributed by atoms with van der Waals surface area (Å²) in [5.74, 6) is -0.606. The fourth-order valence-electron chi connectivity index (χ4n) is 0.556. The molecule has 0 spiro atoms. The van der Waals surface area contributed by atoms with E-state index < -0.39 is 18.0 Å². The third-order valence-corrected chi connectivity index (χ3v) is 0.934. The third kappa shape index (κ3) is 1.63. The molecule has 1 atom stereocenters. The van der Waals surface area contributed by atoms with Crippen LogP contribution in [0.1, 0.15) is 0 Å². The minimum absolute atomic E-state index is 0.606. The average Bonchev–Trinajstić information content (AvgIpc) is 1.93. The number of amides is 2. The van der Waals surface area contributed by atoms with Crippen LogP contribution in [0.25, 0.3) is 0 Å². The fourth-order valence-corrected chi connectivity index (χ4v) is 0.556. The maximum absolute atomic E-state index is 12.3. The number of nitrogens with two attached hydrogens (primary N) is 1. The number of urea groups is 1. The largest absolute Gasteiger partial charge is 0.342 e. The molecule has 1 unspecified atom stereocenters. The van der Waals surface area contributed by atoms with E-state index in [9.17, 15) is 9.18 Å². The normalized spacial score (nSPS) is 25.2. The molecule has 0 saturated heterocycles. The van der Waals surface area contributed by atoms with Crippen molar-refractivity contribution in [2.24, 2.45) is 10.7 Å². The maximum atomic E-state index is 12.3. The molecular weight excluding hydrogens is 137 g/mol. The number of hydrogen-bond donors (Lipinski definition) is 2. The minimum atomic E-state index is -0.782. The Morgan fingerprint density at radius 3 is 3.20 bits per heavy atom. The van der Waals surface area contributed by atoms with Crippen LogP contribution in [0.3, 0.4) is 0 Å². The van der Waals surface area contributed by atoms with Gasteiger partial charge in [0.1, 0.15) is 12.0 Å². The Morgan fingerprint density at radius 1 is 1.80 bits per heavy atom. The van der Waals surface area contributed by atoms with Crippen molar-refractivity contribution in [2.45, 2.75) is 6.17 Å². The summed E-state index contributed by atoms with van der Waals surface area (Å²) in [5.41, 5.74) is 5.19. The van der Waals surface area contributed by atoms with Gasteiger partial charge in [-0.15, -0.1) is 0 Å². The number of hydrogen-bond acceptors (Lipinski definition) is 2. The molecule has 0 fully saturated rings. The Kier molecular flexibility index (Phi) is 1.77. The monoisotopic (exact) mass is 143 g/mol. The summed E-state index contributed by atoms with van der Waals surface area (Å²) in [6.07, 6.45) is 1.10. The highest BCUT2D eigenvalue weighted by Gasteiger charge is 2.07. The Hall–Kier alpha value is -1.23. The van der Waals surface area contributed by atoms with Crippen LogP contribution in [0.15, 0.2) is 16.9 Å². The van der Waals surface area contributed by atoms with E-state index in [0.29, 0.717) is 0 Å². The number of nitrogens with one attached hydrogen (secondary N) is 1. The van der Waals surface area contributed by atoms with Crippen LogP contribution in [-0.2, 0) is 0 Å². The average molecular weight is 143 g/mol. The van der Waals surface area contributed by atoms with Crippen molar-refractivity contribution in [1.82, 2.24) is 5.32 Å². The lowest BCUT2D eigenvalue weighted by atomic mass is 10.4. The molecule has 0 aromatic rings. The van der Waals surface area contributed by atoms with E-state index >= 15 is 0 Å². The number of carbonyl (C=O) groups is 1. The summed E-state index contributed by atoms with van der Waals surface area (Å²) in [6, 6.07) is -0.628. The first kappa shape index (κ1) is 6.88. The van der Waals surface area contributed by atoms with E-state index in [0.717, 1.165) is 12.3 Å². The molecule has 3 N–H and O–H groups in total. The van der Waals surface area contributed by atoms with Gasteiger partial charge in [0.25, 0.3) is 0 Å². The lowest BCUT2D eigenvalue weighted by Crippen LogP contribution is -2.37. The molecular formula is C5H6FN3O. The highest BCUT2D eigenvalue weighted by atomic mass is 19.1. The van der Waals surface area contributed by atoms with Gasteiger partial charge in [-0.2, -0.15) is 4.99 Å². The molecule has 4 nitrogen and oxygen atoms in total. The smallest absolute Gasteiger partial charge is 0.317 e. The Morgan fingerprint density at radius 2 is 2.50 bits per heavy atom. The van der Waals surface area contributed by atoms with Crippen LogP contribution in [0.5, 0.6) is 0 Å². The maximum Gasteiger partial charge on any atom is 0.342 e. The Bertz CT molecular complexity index is 211. The van der Waals surface area contributed by atoms with Crippen molar-refractivity contribution in [3.8, 4) is 0 Å². The first-order valence-corrected chi connectivity index (χ1v) is 2.66. The van der Waals surface area contributed by atoms with Gasteiger partial charge < -0.3 is 11.1 Å². The van der Waals surface area contributed by atoms with Crippen LogP contribution in [0.4, 0.5) is 9.18 Å². The topological polar surface area (TPSA) is 67.5 Å². The van der Waals surface area contributed by atoms with Gasteiger partial charge in [0, 0.05) is 0 Å². The predicted molar refractivity (Wildman–Crippen MR) is 34.2 cm³/mol. The molecule has 54 valence electrons. The van der Waals surface area contributed by atoms with Gasteiger partial charge in [-0.1, -0.05) is 0 Å². The lowest BCUT2D eigenvalue weighted by molar-refractivity contribution is 0.248. The van der Waals surface area contributed by atoms with E-state index in [1.807, 2.05) is 0 Å². The zero-order chi connectivity index (χ0) is 7.56. The minimum Gasteiger partial charge on any atom is -0.317 e. The van der Waals surface area contributed by atoms with Crippen LogP contribution in [0, 0.1) is 0 Å². The molecule has 2 amide bonds. The second kappa shape index (κ2) is 2.57. The summed E-state index contributed by atoms with van der Waals surface area (Å²) in [6.45, 7) is 0. The molecule has 1 aliphatic heterocycles. The van der Waals surface area contributed by atoms with Gasteiger partial charge in [0.15, 0.2) is 0 Å². The number of rotatable bonds is 0. The highest BCUT2D eigenvalue weighted by molar-refractivity contribution is 5.90. The molecule has 0 aromatic heterocycles. The van der Waals surface area contributed by atoms with Crippen LogP contribution in [-0.4, -0.2) is 18.4 Å². The lowest BCUT2D eigenvalue weighted by Gasteiger charge is -2.02. The summed E-state index contributed by atoms with van der Waals surface area (Å²) < 4.78 is 12.3. The van der Waals surface area contributed by atoms with Crippen LogP contribution in [0.2, 0.25) is 0 Å². The van der Waals surface area contributed by atoms with Gasteiger partial charge in [0.2, 0.25) is 0 Å². The standard InChI is InChI=1S/C5H6FN3O/c6-3-1-4(7)9-5(10)8-2-3/h1-2,4H,7H2,(H,9,10). The first-order chi connectivity index (χ1) is 4.68. The van der Waals surface area contributed by atoms with E-state index in [1.54, 1.807) is 0 Å². The quantitative estimate of drug-likeness (QED) is 0.498.